The summed E-state index contributed by atoms with van der Waals surface area (Å²) in [5, 5.41) is 0. The summed E-state index contributed by atoms with van der Waals surface area (Å²) in [5.74, 6) is 1.24. The van der Waals surface area contributed by atoms with E-state index in [9.17, 15) is 9.00 Å². The molecule has 5 rings (SSSR count). The molecule has 0 amide bonds. The van der Waals surface area contributed by atoms with Gasteiger partial charge in [-0.2, -0.15) is 0 Å². The van der Waals surface area contributed by atoms with E-state index in [4.69, 9.17) is 4.74 Å². The lowest BCUT2D eigenvalue weighted by Gasteiger charge is -2.21. The van der Waals surface area contributed by atoms with Crippen molar-refractivity contribution in [2.24, 2.45) is 0 Å². The van der Waals surface area contributed by atoms with Crippen molar-refractivity contribution < 1.29 is 13.7 Å². The van der Waals surface area contributed by atoms with Gasteiger partial charge in [-0.25, -0.2) is 8.51 Å². The molecule has 1 atom stereocenters. The number of carbonyl (C=O) groups excluding carboxylic acids is 1. The van der Waals surface area contributed by atoms with Gasteiger partial charge in [0.25, 0.3) is 0 Å². The van der Waals surface area contributed by atoms with E-state index in [0.29, 0.717) is 6.42 Å². The quantitative estimate of drug-likeness (QED) is 0.461. The Labute approximate surface area is 204 Å². The average Bonchev–Trinajstić information content (AvgIpc) is 3.67. The van der Waals surface area contributed by atoms with Gasteiger partial charge < -0.3 is 4.74 Å². The summed E-state index contributed by atoms with van der Waals surface area (Å²) in [5.41, 5.74) is 6.37. The van der Waals surface area contributed by atoms with Crippen molar-refractivity contribution in [3.05, 3.63) is 82.9 Å². The monoisotopic (exact) mass is 473 g/mol. The Bertz CT molecular complexity index is 1260. The molecule has 1 heterocycles. The zero-order valence-corrected chi connectivity index (χ0v) is 20.9. The van der Waals surface area contributed by atoms with Crippen molar-refractivity contribution in [2.75, 3.05) is 20.7 Å². The van der Waals surface area contributed by atoms with Crippen LogP contribution >= 0.6 is 0 Å². The Morgan fingerprint density at radius 1 is 1.03 bits per heavy atom. The van der Waals surface area contributed by atoms with E-state index in [1.165, 1.54) is 5.56 Å². The SMILES string of the molecule is Cc1ccc(CC(=O)C2(c3ccc4c(c3)OCCC4)CC2)cc1-c1ccc(S(=O)N(C)C)cc1. The van der Waals surface area contributed by atoms with E-state index < -0.39 is 11.0 Å². The zero-order chi connectivity index (χ0) is 23.9. The van der Waals surface area contributed by atoms with Crippen LogP contribution in [0.3, 0.4) is 0 Å². The van der Waals surface area contributed by atoms with Crippen LogP contribution in [0.5, 0.6) is 5.75 Å². The topological polar surface area (TPSA) is 46.6 Å². The Morgan fingerprint density at radius 2 is 1.79 bits per heavy atom. The molecule has 3 aromatic carbocycles. The summed E-state index contributed by atoms with van der Waals surface area (Å²) >= 11 is 0. The Balaban J connectivity index is 1.37. The molecule has 1 fully saturated rings. The molecule has 1 aliphatic carbocycles. The molecular formula is C29H31NO3S. The normalized spacial score (nSPS) is 17.1. The minimum absolute atomic E-state index is 0.287. The third kappa shape index (κ3) is 4.35. The summed E-state index contributed by atoms with van der Waals surface area (Å²) in [4.78, 5) is 14.3. The Hall–Kier alpha value is -2.76. The van der Waals surface area contributed by atoms with E-state index in [1.807, 2.05) is 24.3 Å². The molecule has 4 nitrogen and oxygen atoms in total. The number of Topliss-reactive ketones (excluding diaryl/α,β-unsaturated/α-hetero) is 1. The van der Waals surface area contributed by atoms with Gasteiger partial charge in [0.05, 0.1) is 16.9 Å². The van der Waals surface area contributed by atoms with Gasteiger partial charge in [-0.1, -0.05) is 42.5 Å². The molecule has 3 aromatic rings. The smallest absolute Gasteiger partial charge is 0.147 e. The first-order chi connectivity index (χ1) is 16.4. The summed E-state index contributed by atoms with van der Waals surface area (Å²) in [6.07, 6.45) is 4.35. The first-order valence-electron chi connectivity index (χ1n) is 12.0. The van der Waals surface area contributed by atoms with E-state index in [0.717, 1.165) is 70.8 Å². The van der Waals surface area contributed by atoms with E-state index in [-0.39, 0.29) is 11.2 Å². The fourth-order valence-corrected chi connectivity index (χ4v) is 5.69. The molecule has 0 radical (unpaired) electrons. The molecule has 1 unspecified atom stereocenters. The number of benzene rings is 3. The van der Waals surface area contributed by atoms with Crippen molar-refractivity contribution in [3.8, 4) is 16.9 Å². The number of hydrogen-bond acceptors (Lipinski definition) is 3. The van der Waals surface area contributed by atoms with Gasteiger partial charge in [0.2, 0.25) is 0 Å². The van der Waals surface area contributed by atoms with Crippen LogP contribution in [-0.2, 0) is 34.0 Å². The fourth-order valence-electron chi connectivity index (χ4n) is 4.90. The average molecular weight is 474 g/mol. The van der Waals surface area contributed by atoms with Crippen molar-refractivity contribution in [3.63, 3.8) is 0 Å². The number of ether oxygens (including phenoxy) is 1. The van der Waals surface area contributed by atoms with Crippen LogP contribution in [0.25, 0.3) is 11.1 Å². The van der Waals surface area contributed by atoms with Crippen LogP contribution in [-0.4, -0.2) is 35.0 Å². The van der Waals surface area contributed by atoms with Gasteiger partial charge in [0, 0.05) is 6.42 Å². The van der Waals surface area contributed by atoms with Gasteiger partial charge in [0.1, 0.15) is 22.5 Å². The summed E-state index contributed by atoms with van der Waals surface area (Å²) in [7, 11) is 2.45. The number of fused-ring (bicyclic) bond motifs is 1. The second-order valence-corrected chi connectivity index (χ2v) is 11.4. The first kappa shape index (κ1) is 23.0. The summed E-state index contributed by atoms with van der Waals surface area (Å²) < 4.78 is 19.9. The van der Waals surface area contributed by atoms with Crippen LogP contribution in [0, 0.1) is 6.92 Å². The molecule has 0 N–H and O–H groups in total. The second-order valence-electron chi connectivity index (χ2n) is 9.69. The molecule has 2 aliphatic rings. The lowest BCUT2D eigenvalue weighted by Crippen LogP contribution is -2.23. The van der Waals surface area contributed by atoms with Gasteiger partial charge in [0.15, 0.2) is 0 Å². The third-order valence-corrected chi connectivity index (χ3v) is 8.46. The molecule has 176 valence electrons. The van der Waals surface area contributed by atoms with Gasteiger partial charge in [-0.15, -0.1) is 0 Å². The number of hydrogen-bond donors (Lipinski definition) is 0. The molecule has 0 bridgehead atoms. The Kier molecular flexibility index (Phi) is 6.17. The van der Waals surface area contributed by atoms with Crippen LogP contribution in [0.15, 0.2) is 65.6 Å². The number of rotatable bonds is 7. The zero-order valence-electron chi connectivity index (χ0n) is 20.1. The maximum atomic E-state index is 13.5. The highest BCUT2D eigenvalue weighted by atomic mass is 32.2. The molecule has 0 saturated heterocycles. The fraction of sp³-hybridized carbons (Fsp3) is 0.345. The summed E-state index contributed by atoms with van der Waals surface area (Å²) in [6, 6.07) is 20.6. The van der Waals surface area contributed by atoms with Crippen LogP contribution in [0.1, 0.15) is 41.5 Å². The minimum Gasteiger partial charge on any atom is -0.493 e. The number of ketones is 1. The molecule has 0 spiro atoms. The van der Waals surface area contributed by atoms with Gasteiger partial charge >= 0.3 is 0 Å². The highest BCUT2D eigenvalue weighted by molar-refractivity contribution is 7.82. The lowest BCUT2D eigenvalue weighted by atomic mass is 9.86. The van der Waals surface area contributed by atoms with Gasteiger partial charge in [-0.05, 0) is 98.3 Å². The number of carbonyl (C=O) groups is 1. The lowest BCUT2D eigenvalue weighted by molar-refractivity contribution is -0.120. The Morgan fingerprint density at radius 3 is 2.50 bits per heavy atom. The third-order valence-electron chi connectivity index (χ3n) is 7.12. The van der Waals surface area contributed by atoms with Crippen molar-refractivity contribution in [1.29, 1.82) is 0 Å². The van der Waals surface area contributed by atoms with Crippen LogP contribution in [0.2, 0.25) is 0 Å². The number of nitrogens with zero attached hydrogens (tertiary/aromatic N) is 1. The molecule has 1 saturated carbocycles. The van der Waals surface area contributed by atoms with E-state index in [2.05, 4.69) is 43.3 Å². The maximum Gasteiger partial charge on any atom is 0.147 e. The van der Waals surface area contributed by atoms with Crippen LogP contribution in [0.4, 0.5) is 0 Å². The molecule has 1 aliphatic heterocycles. The van der Waals surface area contributed by atoms with Crippen molar-refractivity contribution in [1.82, 2.24) is 4.31 Å². The van der Waals surface area contributed by atoms with Gasteiger partial charge in [-0.3, -0.25) is 4.79 Å². The predicted octanol–water partition coefficient (Wildman–Crippen LogP) is 5.41. The molecule has 34 heavy (non-hydrogen) atoms. The van der Waals surface area contributed by atoms with E-state index >= 15 is 0 Å². The predicted molar refractivity (Wildman–Crippen MR) is 137 cm³/mol. The van der Waals surface area contributed by atoms with Crippen molar-refractivity contribution >= 4 is 16.8 Å². The largest absolute Gasteiger partial charge is 0.493 e. The molecule has 0 aromatic heterocycles. The van der Waals surface area contributed by atoms with Crippen LogP contribution < -0.4 is 4.74 Å². The standard InChI is InChI=1S/C29H31NO3S/c1-20-6-7-21(17-26(20)22-9-12-25(13-10-22)34(32)30(2)3)18-28(31)29(14-15-29)24-11-8-23-5-4-16-33-27(23)19-24/h6-13,17,19H,4-5,14-16,18H2,1-3H3. The number of aryl methyl sites for hydroxylation is 2. The minimum atomic E-state index is -1.16. The van der Waals surface area contributed by atoms with Crippen molar-refractivity contribution in [2.45, 2.75) is 49.3 Å². The summed E-state index contributed by atoms with van der Waals surface area (Å²) in [6.45, 7) is 2.85. The van der Waals surface area contributed by atoms with E-state index in [1.54, 1.807) is 18.4 Å². The highest BCUT2D eigenvalue weighted by Gasteiger charge is 2.50. The molecular weight excluding hydrogens is 442 g/mol. The molecule has 5 heteroatoms. The first-order valence-corrected chi connectivity index (χ1v) is 13.1. The highest BCUT2D eigenvalue weighted by Crippen LogP contribution is 2.51. The second kappa shape index (κ2) is 9.12. The maximum absolute atomic E-state index is 13.5.